The number of aryl methyl sites for hydroxylation is 1. The zero-order chi connectivity index (χ0) is 20.7. The number of benzene rings is 2. The van der Waals surface area contributed by atoms with Crippen molar-refractivity contribution in [3.05, 3.63) is 57.7 Å². The Morgan fingerprint density at radius 2 is 1.75 bits per heavy atom. The second-order valence-corrected chi connectivity index (χ2v) is 6.52. The number of amides is 1. The van der Waals surface area contributed by atoms with Crippen LogP contribution in [0.4, 0.5) is 0 Å². The summed E-state index contributed by atoms with van der Waals surface area (Å²) in [6.07, 6.45) is 0. The van der Waals surface area contributed by atoms with E-state index in [1.807, 2.05) is 51.1 Å². The molecular formula is C23H31N3O2. The van der Waals surface area contributed by atoms with Gasteiger partial charge in [0.05, 0.1) is 11.1 Å². The molecule has 0 aliphatic carbocycles. The molecule has 0 radical (unpaired) electrons. The van der Waals surface area contributed by atoms with Crippen molar-refractivity contribution in [3.8, 4) is 0 Å². The van der Waals surface area contributed by atoms with Crippen LogP contribution in [0.15, 0.2) is 41.2 Å². The molecule has 28 heavy (non-hydrogen) atoms. The van der Waals surface area contributed by atoms with Gasteiger partial charge in [0.15, 0.2) is 5.43 Å². The smallest absolute Gasteiger partial charge is 0.253 e. The summed E-state index contributed by atoms with van der Waals surface area (Å²) in [6.45, 7) is 13.4. The molecule has 0 bridgehead atoms. The van der Waals surface area contributed by atoms with Gasteiger partial charge in [0, 0.05) is 29.4 Å². The molecule has 1 amide bonds. The Balaban J connectivity index is 0.00000136. The Bertz CT molecular complexity index is 1000. The third-order valence-corrected chi connectivity index (χ3v) is 4.81. The lowest BCUT2D eigenvalue weighted by Crippen LogP contribution is -2.35. The van der Waals surface area contributed by atoms with Crippen LogP contribution >= 0.6 is 0 Å². The number of likely N-dealkylation sites (N-methyl/N-ethyl adjacent to an activating group) is 1. The number of hydrogen-bond acceptors (Lipinski definition) is 3. The Morgan fingerprint density at radius 3 is 2.43 bits per heavy atom. The van der Waals surface area contributed by atoms with E-state index in [0.717, 1.165) is 30.7 Å². The first kappa shape index (κ1) is 21.6. The molecule has 0 fully saturated rings. The van der Waals surface area contributed by atoms with Crippen LogP contribution in [-0.4, -0.2) is 42.0 Å². The maximum Gasteiger partial charge on any atom is 0.253 e. The topological polar surface area (TPSA) is 65.2 Å². The number of hydrogen-bond donors (Lipinski definition) is 2. The van der Waals surface area contributed by atoms with Crippen molar-refractivity contribution in [1.29, 1.82) is 0 Å². The number of aromatic amines is 1. The normalized spacial score (nSPS) is 10.8. The van der Waals surface area contributed by atoms with Crippen molar-refractivity contribution >= 4 is 27.7 Å². The molecule has 3 rings (SSSR count). The van der Waals surface area contributed by atoms with Crippen LogP contribution in [0.3, 0.4) is 0 Å². The molecular weight excluding hydrogens is 350 g/mol. The predicted octanol–water partition coefficient (Wildman–Crippen LogP) is 4.09. The molecule has 0 aliphatic heterocycles. The van der Waals surface area contributed by atoms with Crippen LogP contribution in [0.1, 0.15) is 43.6 Å². The number of carbonyl (C=O) groups is 1. The van der Waals surface area contributed by atoms with Gasteiger partial charge in [-0.2, -0.15) is 0 Å². The van der Waals surface area contributed by atoms with Crippen molar-refractivity contribution in [2.45, 2.75) is 34.6 Å². The molecule has 1 aromatic heterocycles. The number of fused-ring (bicyclic) bond motifs is 2. The number of pyridine rings is 1. The van der Waals surface area contributed by atoms with E-state index in [9.17, 15) is 9.59 Å². The minimum atomic E-state index is -0.156. The Labute approximate surface area is 166 Å². The Morgan fingerprint density at radius 1 is 1.07 bits per heavy atom. The molecule has 5 nitrogen and oxygen atoms in total. The van der Waals surface area contributed by atoms with Gasteiger partial charge in [-0.1, -0.05) is 39.8 Å². The second kappa shape index (κ2) is 10.0. The molecule has 1 heterocycles. The van der Waals surface area contributed by atoms with Crippen LogP contribution in [0.25, 0.3) is 21.8 Å². The summed E-state index contributed by atoms with van der Waals surface area (Å²) in [6, 6.07) is 11.1. The Kier molecular flexibility index (Phi) is 7.76. The van der Waals surface area contributed by atoms with Crippen LogP contribution in [0.2, 0.25) is 0 Å². The third-order valence-electron chi connectivity index (χ3n) is 4.81. The van der Waals surface area contributed by atoms with Gasteiger partial charge in [0.25, 0.3) is 5.91 Å². The SMILES string of the molecule is CC.CCN(CC)CCNC(=O)c1cc(C)cc2c(=O)c3ccccc3[nH]c12. The van der Waals surface area contributed by atoms with Crippen LogP contribution < -0.4 is 10.7 Å². The molecule has 0 atom stereocenters. The largest absolute Gasteiger partial charge is 0.354 e. The molecule has 5 heteroatoms. The number of H-pyrrole nitrogens is 1. The summed E-state index contributed by atoms with van der Waals surface area (Å²) >= 11 is 0. The average Bonchev–Trinajstić information content (AvgIpc) is 2.73. The average molecular weight is 382 g/mol. The van der Waals surface area contributed by atoms with E-state index in [1.165, 1.54) is 0 Å². The zero-order valence-electron chi connectivity index (χ0n) is 17.6. The fraction of sp³-hybridized carbons (Fsp3) is 0.391. The molecule has 0 spiro atoms. The summed E-state index contributed by atoms with van der Waals surface area (Å²) in [5.74, 6) is -0.156. The van der Waals surface area contributed by atoms with Gasteiger partial charge in [0.1, 0.15) is 0 Å². The fourth-order valence-electron chi connectivity index (χ4n) is 3.31. The summed E-state index contributed by atoms with van der Waals surface area (Å²) < 4.78 is 0. The van der Waals surface area contributed by atoms with Gasteiger partial charge in [-0.15, -0.1) is 0 Å². The van der Waals surface area contributed by atoms with Gasteiger partial charge in [-0.3, -0.25) is 9.59 Å². The standard InChI is InChI=1S/C21H25N3O2.C2H6/c1-4-24(5-2)11-10-22-21(26)17-13-14(3)12-16-19(17)23-18-9-7-6-8-15(18)20(16)25;1-2/h6-9,12-13H,4-5,10-11H2,1-3H3,(H,22,26)(H,23,25);1-2H3. The van der Waals surface area contributed by atoms with Crippen molar-refractivity contribution < 1.29 is 4.79 Å². The molecule has 0 saturated carbocycles. The van der Waals surface area contributed by atoms with E-state index >= 15 is 0 Å². The lowest BCUT2D eigenvalue weighted by molar-refractivity contribution is 0.0950. The van der Waals surface area contributed by atoms with Crippen LogP contribution in [0, 0.1) is 6.92 Å². The van der Waals surface area contributed by atoms with Crippen molar-refractivity contribution in [1.82, 2.24) is 15.2 Å². The molecule has 150 valence electrons. The minimum absolute atomic E-state index is 0.0461. The summed E-state index contributed by atoms with van der Waals surface area (Å²) in [5.41, 5.74) is 2.70. The number of carbonyl (C=O) groups excluding carboxylic acids is 1. The summed E-state index contributed by atoms with van der Waals surface area (Å²) in [5, 5.41) is 4.17. The first-order valence-corrected chi connectivity index (χ1v) is 10.1. The fourth-order valence-corrected chi connectivity index (χ4v) is 3.31. The molecule has 2 N–H and O–H groups in total. The number of nitrogens with one attached hydrogen (secondary N) is 2. The first-order chi connectivity index (χ1) is 13.5. The highest BCUT2D eigenvalue weighted by Crippen LogP contribution is 2.20. The minimum Gasteiger partial charge on any atom is -0.354 e. The lowest BCUT2D eigenvalue weighted by Gasteiger charge is -2.18. The molecule has 0 aliphatic rings. The van der Waals surface area contributed by atoms with Crippen molar-refractivity contribution in [2.75, 3.05) is 26.2 Å². The number of aromatic nitrogens is 1. The monoisotopic (exact) mass is 381 g/mol. The summed E-state index contributed by atoms with van der Waals surface area (Å²) in [4.78, 5) is 31.1. The number of rotatable bonds is 6. The van der Waals surface area contributed by atoms with Crippen LogP contribution in [-0.2, 0) is 0 Å². The van der Waals surface area contributed by atoms with Gasteiger partial charge in [0.2, 0.25) is 0 Å². The molecule has 0 saturated heterocycles. The number of para-hydroxylation sites is 1. The highest BCUT2D eigenvalue weighted by atomic mass is 16.1. The van der Waals surface area contributed by atoms with E-state index in [2.05, 4.69) is 29.0 Å². The van der Waals surface area contributed by atoms with E-state index in [0.29, 0.717) is 28.4 Å². The van der Waals surface area contributed by atoms with Gasteiger partial charge in [-0.05, 0) is 49.8 Å². The van der Waals surface area contributed by atoms with Gasteiger partial charge >= 0.3 is 0 Å². The van der Waals surface area contributed by atoms with E-state index in [1.54, 1.807) is 6.07 Å². The lowest BCUT2D eigenvalue weighted by atomic mass is 10.0. The predicted molar refractivity (Wildman–Crippen MR) is 118 cm³/mol. The molecule has 0 unspecified atom stereocenters. The van der Waals surface area contributed by atoms with Gasteiger partial charge in [-0.25, -0.2) is 0 Å². The van der Waals surface area contributed by atoms with E-state index in [-0.39, 0.29) is 11.3 Å². The van der Waals surface area contributed by atoms with Crippen molar-refractivity contribution in [2.24, 2.45) is 0 Å². The summed E-state index contributed by atoms with van der Waals surface area (Å²) in [7, 11) is 0. The van der Waals surface area contributed by atoms with Crippen LogP contribution in [0.5, 0.6) is 0 Å². The van der Waals surface area contributed by atoms with Gasteiger partial charge < -0.3 is 15.2 Å². The molecule has 2 aromatic carbocycles. The Hall–Kier alpha value is -2.66. The third kappa shape index (κ3) is 4.60. The highest BCUT2D eigenvalue weighted by Gasteiger charge is 2.15. The van der Waals surface area contributed by atoms with E-state index in [4.69, 9.17) is 0 Å². The van der Waals surface area contributed by atoms with Crippen molar-refractivity contribution in [3.63, 3.8) is 0 Å². The first-order valence-electron chi connectivity index (χ1n) is 10.1. The van der Waals surface area contributed by atoms with E-state index < -0.39 is 0 Å². The number of nitrogens with zero attached hydrogens (tertiary/aromatic N) is 1. The maximum atomic E-state index is 12.8. The quantitative estimate of drug-likeness (QED) is 0.632. The second-order valence-electron chi connectivity index (χ2n) is 6.52. The maximum absolute atomic E-state index is 12.8. The zero-order valence-corrected chi connectivity index (χ0v) is 17.6. The molecule has 3 aromatic rings. The highest BCUT2D eigenvalue weighted by molar-refractivity contribution is 6.08.